The van der Waals surface area contributed by atoms with Crippen LogP contribution in [0.2, 0.25) is 0 Å². The Morgan fingerprint density at radius 1 is 1.45 bits per heavy atom. The van der Waals surface area contributed by atoms with Crippen molar-refractivity contribution in [3.63, 3.8) is 0 Å². The summed E-state index contributed by atoms with van der Waals surface area (Å²) in [6, 6.07) is -2.04. The molecular formula is C12H21N3O5. The zero-order valence-electron chi connectivity index (χ0n) is 11.6. The summed E-state index contributed by atoms with van der Waals surface area (Å²) in [4.78, 5) is 33.4. The quantitative estimate of drug-likeness (QED) is 0.545. The number of hydrogen-bond donors (Lipinski definition) is 4. The maximum atomic E-state index is 11.7. The van der Waals surface area contributed by atoms with Crippen LogP contribution in [0, 0.1) is 0 Å². The van der Waals surface area contributed by atoms with Crippen molar-refractivity contribution < 1.29 is 24.2 Å². The molecule has 1 heterocycles. The lowest BCUT2D eigenvalue weighted by molar-refractivity contribution is -0.140. The molecular weight excluding hydrogens is 266 g/mol. The van der Waals surface area contributed by atoms with E-state index in [1.165, 1.54) is 0 Å². The van der Waals surface area contributed by atoms with Gasteiger partial charge in [0.05, 0.1) is 12.0 Å². The van der Waals surface area contributed by atoms with E-state index < -0.39 is 30.4 Å². The second-order valence-electron chi connectivity index (χ2n) is 5.48. The molecule has 8 heteroatoms. The average Bonchev–Trinajstić information content (AvgIpc) is 2.25. The fraction of sp³-hybridized carbons (Fsp3) is 0.750. The fourth-order valence-electron chi connectivity index (χ4n) is 2.14. The second-order valence-corrected chi connectivity index (χ2v) is 5.48. The van der Waals surface area contributed by atoms with E-state index >= 15 is 0 Å². The van der Waals surface area contributed by atoms with Gasteiger partial charge in [0, 0.05) is 12.6 Å². The summed E-state index contributed by atoms with van der Waals surface area (Å²) in [6.45, 7) is 4.37. The molecule has 1 fully saturated rings. The maximum absolute atomic E-state index is 11.7. The molecule has 1 saturated heterocycles. The van der Waals surface area contributed by atoms with Crippen molar-refractivity contribution in [1.82, 2.24) is 10.6 Å². The van der Waals surface area contributed by atoms with Crippen LogP contribution < -0.4 is 16.4 Å². The number of amides is 3. The predicted octanol–water partition coefficient (Wildman–Crippen LogP) is -0.428. The number of nitrogens with one attached hydrogen (secondary N) is 2. The van der Waals surface area contributed by atoms with Crippen molar-refractivity contribution in [1.29, 1.82) is 0 Å². The van der Waals surface area contributed by atoms with Gasteiger partial charge in [0.2, 0.25) is 5.91 Å². The van der Waals surface area contributed by atoms with Gasteiger partial charge in [-0.15, -0.1) is 0 Å². The number of ether oxygens (including phenoxy) is 1. The summed E-state index contributed by atoms with van der Waals surface area (Å²) in [5, 5.41) is 13.8. The number of carboxylic acid groups (broad SMARTS) is 1. The van der Waals surface area contributed by atoms with Gasteiger partial charge < -0.3 is 26.2 Å². The van der Waals surface area contributed by atoms with Gasteiger partial charge in [-0.05, 0) is 26.7 Å². The molecule has 0 radical (unpaired) electrons. The minimum absolute atomic E-state index is 0.0956. The van der Waals surface area contributed by atoms with Crippen molar-refractivity contribution in [3.8, 4) is 0 Å². The highest BCUT2D eigenvalue weighted by Gasteiger charge is 2.30. The minimum atomic E-state index is -1.32. The van der Waals surface area contributed by atoms with Crippen LogP contribution in [0.1, 0.15) is 33.1 Å². The number of carbonyl (C=O) groups is 3. The van der Waals surface area contributed by atoms with E-state index in [1.807, 2.05) is 13.8 Å². The van der Waals surface area contributed by atoms with E-state index in [0.29, 0.717) is 19.4 Å². The summed E-state index contributed by atoms with van der Waals surface area (Å²) in [5.41, 5.74) is 4.61. The first-order valence-electron chi connectivity index (χ1n) is 6.42. The number of aliphatic carboxylic acids is 1. The number of hydrogen-bond acceptors (Lipinski definition) is 4. The molecule has 2 atom stereocenters. The largest absolute Gasteiger partial charge is 0.480 e. The average molecular weight is 287 g/mol. The van der Waals surface area contributed by atoms with E-state index in [2.05, 4.69) is 10.6 Å². The van der Waals surface area contributed by atoms with Gasteiger partial charge in [-0.1, -0.05) is 0 Å². The molecule has 1 rings (SSSR count). The van der Waals surface area contributed by atoms with Crippen molar-refractivity contribution in [2.45, 2.75) is 50.8 Å². The third-order valence-corrected chi connectivity index (χ3v) is 3.04. The molecule has 0 saturated carbocycles. The summed E-state index contributed by atoms with van der Waals surface area (Å²) in [6.07, 6.45) is 0.848. The van der Waals surface area contributed by atoms with Crippen molar-refractivity contribution >= 4 is 17.9 Å². The van der Waals surface area contributed by atoms with Crippen LogP contribution in [-0.2, 0) is 14.3 Å². The van der Waals surface area contributed by atoms with Gasteiger partial charge in [-0.25, -0.2) is 9.59 Å². The standard InChI is InChI=1S/C12H21N3O5/c1-12(2)6-7(3-4-20-12)14-11(19)15-8(10(17)18)5-9(13)16/h7-8H,3-6H2,1-2H3,(H2,13,16)(H,17,18)(H2,14,15,19). The molecule has 0 aromatic heterocycles. The first-order valence-corrected chi connectivity index (χ1v) is 6.42. The van der Waals surface area contributed by atoms with Crippen LogP contribution in [0.4, 0.5) is 4.79 Å². The topological polar surface area (TPSA) is 131 Å². The van der Waals surface area contributed by atoms with Crippen LogP contribution in [0.25, 0.3) is 0 Å². The van der Waals surface area contributed by atoms with Crippen molar-refractivity contribution in [3.05, 3.63) is 0 Å². The molecule has 3 amide bonds. The van der Waals surface area contributed by atoms with Crippen LogP contribution in [0.3, 0.4) is 0 Å². The molecule has 0 aliphatic carbocycles. The normalized spacial score (nSPS) is 22.6. The Morgan fingerprint density at radius 2 is 2.10 bits per heavy atom. The summed E-state index contributed by atoms with van der Waals surface area (Å²) in [5.74, 6) is -2.09. The molecule has 2 unspecified atom stereocenters. The SMILES string of the molecule is CC1(C)CC(NC(=O)NC(CC(N)=O)C(=O)O)CCO1. The first-order chi connectivity index (χ1) is 9.19. The third kappa shape index (κ3) is 5.43. The lowest BCUT2D eigenvalue weighted by Crippen LogP contribution is -2.53. The highest BCUT2D eigenvalue weighted by Crippen LogP contribution is 2.23. The Balaban J connectivity index is 2.49. The molecule has 8 nitrogen and oxygen atoms in total. The van der Waals surface area contributed by atoms with E-state index in [0.717, 1.165) is 0 Å². The van der Waals surface area contributed by atoms with Crippen LogP contribution in [-0.4, -0.2) is 47.3 Å². The molecule has 1 aliphatic heterocycles. The van der Waals surface area contributed by atoms with Crippen molar-refractivity contribution in [2.24, 2.45) is 5.73 Å². The summed E-state index contributed by atoms with van der Waals surface area (Å²) >= 11 is 0. The van der Waals surface area contributed by atoms with Crippen LogP contribution in [0.15, 0.2) is 0 Å². The molecule has 114 valence electrons. The fourth-order valence-corrected chi connectivity index (χ4v) is 2.14. The van der Waals surface area contributed by atoms with E-state index in [9.17, 15) is 14.4 Å². The predicted molar refractivity (Wildman–Crippen MR) is 70.0 cm³/mol. The highest BCUT2D eigenvalue weighted by molar-refractivity contribution is 5.87. The van der Waals surface area contributed by atoms with Gasteiger partial charge in [0.1, 0.15) is 6.04 Å². The van der Waals surface area contributed by atoms with E-state index in [1.54, 1.807) is 0 Å². The summed E-state index contributed by atoms with van der Waals surface area (Å²) < 4.78 is 5.52. The lowest BCUT2D eigenvalue weighted by atomic mass is 9.94. The molecule has 5 N–H and O–H groups in total. The lowest BCUT2D eigenvalue weighted by Gasteiger charge is -2.35. The van der Waals surface area contributed by atoms with Gasteiger partial charge in [0.25, 0.3) is 0 Å². The second kappa shape index (κ2) is 6.56. The third-order valence-electron chi connectivity index (χ3n) is 3.04. The van der Waals surface area contributed by atoms with Gasteiger partial charge in [-0.3, -0.25) is 4.79 Å². The highest BCUT2D eigenvalue weighted by atomic mass is 16.5. The number of rotatable bonds is 5. The number of carboxylic acids is 1. The number of carbonyl (C=O) groups excluding carboxylic acids is 2. The summed E-state index contributed by atoms with van der Waals surface area (Å²) in [7, 11) is 0. The van der Waals surface area contributed by atoms with E-state index in [4.69, 9.17) is 15.6 Å². The number of nitrogens with two attached hydrogens (primary N) is 1. The van der Waals surface area contributed by atoms with Crippen molar-refractivity contribution in [2.75, 3.05) is 6.61 Å². The molecule has 0 aromatic rings. The first kappa shape index (κ1) is 16.2. The Hall–Kier alpha value is -1.83. The van der Waals surface area contributed by atoms with E-state index in [-0.39, 0.29) is 11.6 Å². The smallest absolute Gasteiger partial charge is 0.326 e. The zero-order chi connectivity index (χ0) is 15.3. The van der Waals surface area contributed by atoms with Gasteiger partial charge in [-0.2, -0.15) is 0 Å². The monoisotopic (exact) mass is 287 g/mol. The van der Waals surface area contributed by atoms with Gasteiger partial charge >= 0.3 is 12.0 Å². The van der Waals surface area contributed by atoms with Gasteiger partial charge in [0.15, 0.2) is 0 Å². The Bertz CT molecular complexity index is 397. The van der Waals surface area contributed by atoms with Crippen LogP contribution >= 0.6 is 0 Å². The Morgan fingerprint density at radius 3 is 2.60 bits per heavy atom. The molecule has 0 bridgehead atoms. The number of urea groups is 1. The molecule has 0 spiro atoms. The number of primary amides is 1. The molecule has 20 heavy (non-hydrogen) atoms. The molecule has 0 aromatic carbocycles. The zero-order valence-corrected chi connectivity index (χ0v) is 11.6. The molecule has 1 aliphatic rings. The van der Waals surface area contributed by atoms with Crippen LogP contribution in [0.5, 0.6) is 0 Å². The maximum Gasteiger partial charge on any atom is 0.326 e. The Labute approximate surface area is 117 Å². The Kier molecular flexibility index (Phi) is 5.32. The minimum Gasteiger partial charge on any atom is -0.480 e.